The van der Waals surface area contributed by atoms with Gasteiger partial charge in [0.1, 0.15) is 11.1 Å². The molecule has 0 aliphatic rings. The van der Waals surface area contributed by atoms with Gasteiger partial charge in [0.15, 0.2) is 0 Å². The third-order valence-electron chi connectivity index (χ3n) is 4.29. The molecule has 2 aromatic carbocycles. The van der Waals surface area contributed by atoms with Gasteiger partial charge in [-0.05, 0) is 42.2 Å². The largest absolute Gasteiger partial charge is 0.355 e. The van der Waals surface area contributed by atoms with Crippen molar-refractivity contribution in [2.75, 3.05) is 12.3 Å². The molecule has 0 saturated heterocycles. The van der Waals surface area contributed by atoms with Crippen molar-refractivity contribution in [1.82, 2.24) is 10.3 Å². The fourth-order valence-corrected chi connectivity index (χ4v) is 3.59. The van der Waals surface area contributed by atoms with Gasteiger partial charge in [-0.15, -0.1) is 0 Å². The highest BCUT2D eigenvalue weighted by Crippen LogP contribution is 2.25. The van der Waals surface area contributed by atoms with E-state index in [0.717, 1.165) is 23.7 Å². The number of fused-ring (bicyclic) bond motifs is 1. The van der Waals surface area contributed by atoms with Crippen molar-refractivity contribution in [2.24, 2.45) is 0 Å². The topological polar surface area (TPSA) is 65.8 Å². The minimum Gasteiger partial charge on any atom is -0.355 e. The molecule has 0 atom stereocenters. The molecular weight excluding hydrogens is 354 g/mol. The van der Waals surface area contributed by atoms with Gasteiger partial charge >= 0.3 is 0 Å². The van der Waals surface area contributed by atoms with Crippen LogP contribution >= 0.6 is 11.8 Å². The van der Waals surface area contributed by atoms with Gasteiger partial charge in [0, 0.05) is 11.9 Å². The van der Waals surface area contributed by atoms with E-state index in [-0.39, 0.29) is 11.7 Å². The van der Waals surface area contributed by atoms with Crippen LogP contribution in [0.15, 0.2) is 59.6 Å². The molecule has 0 saturated carbocycles. The highest BCUT2D eigenvalue weighted by atomic mass is 32.2. The SMILES string of the molecule is CCc1ccc2nc(SCC(=O)NCCc3ccccc3)c(C#N)cc2c1. The van der Waals surface area contributed by atoms with Gasteiger partial charge in [0.05, 0.1) is 16.8 Å². The Hall–Kier alpha value is -2.84. The minimum absolute atomic E-state index is 0.0527. The van der Waals surface area contributed by atoms with Gasteiger partial charge in [-0.3, -0.25) is 4.79 Å². The van der Waals surface area contributed by atoms with E-state index in [1.807, 2.05) is 48.5 Å². The predicted octanol–water partition coefficient (Wildman–Crippen LogP) is 4.12. The molecule has 3 rings (SSSR count). The lowest BCUT2D eigenvalue weighted by molar-refractivity contribution is -0.118. The number of pyridine rings is 1. The molecule has 4 nitrogen and oxygen atoms in total. The Bertz CT molecular complexity index is 980. The average molecular weight is 375 g/mol. The third kappa shape index (κ3) is 5.08. The first-order chi connectivity index (χ1) is 13.2. The van der Waals surface area contributed by atoms with E-state index in [2.05, 4.69) is 29.4 Å². The van der Waals surface area contributed by atoms with Crippen LogP contribution in [0.1, 0.15) is 23.6 Å². The van der Waals surface area contributed by atoms with Gasteiger partial charge in [0.25, 0.3) is 0 Å². The maximum atomic E-state index is 12.1. The van der Waals surface area contributed by atoms with Crippen LogP contribution in [0.3, 0.4) is 0 Å². The Kier molecular flexibility index (Phi) is 6.45. The van der Waals surface area contributed by atoms with Gasteiger partial charge in [-0.2, -0.15) is 5.26 Å². The summed E-state index contributed by atoms with van der Waals surface area (Å²) in [6.45, 7) is 2.69. The number of aromatic nitrogens is 1. The van der Waals surface area contributed by atoms with Crippen molar-refractivity contribution >= 4 is 28.6 Å². The highest BCUT2D eigenvalue weighted by Gasteiger charge is 2.10. The van der Waals surface area contributed by atoms with Crippen molar-refractivity contribution in [3.8, 4) is 6.07 Å². The maximum Gasteiger partial charge on any atom is 0.230 e. The normalized spacial score (nSPS) is 10.5. The standard InChI is InChI=1S/C22H21N3OS/c1-2-16-8-9-20-18(12-16)13-19(14-23)22(25-20)27-15-21(26)24-11-10-17-6-4-3-5-7-17/h3-9,12-13H,2,10-11,15H2,1H3,(H,24,26). The van der Waals surface area contributed by atoms with Crippen LogP contribution in [-0.4, -0.2) is 23.2 Å². The second kappa shape index (κ2) is 9.20. The molecule has 0 unspecified atom stereocenters. The number of benzene rings is 2. The van der Waals surface area contributed by atoms with E-state index in [9.17, 15) is 10.1 Å². The Morgan fingerprint density at radius 1 is 1.15 bits per heavy atom. The molecule has 0 fully saturated rings. The number of nitrogens with zero attached hydrogens (tertiary/aromatic N) is 2. The summed E-state index contributed by atoms with van der Waals surface area (Å²) in [7, 11) is 0. The number of amides is 1. The van der Waals surface area contributed by atoms with Crippen LogP contribution in [0.4, 0.5) is 0 Å². The van der Waals surface area contributed by atoms with Gasteiger partial charge < -0.3 is 5.32 Å². The molecule has 136 valence electrons. The first-order valence-electron chi connectivity index (χ1n) is 8.97. The lowest BCUT2D eigenvalue weighted by Gasteiger charge is -2.08. The zero-order valence-electron chi connectivity index (χ0n) is 15.2. The molecule has 1 N–H and O–H groups in total. The zero-order chi connectivity index (χ0) is 19.1. The number of hydrogen-bond acceptors (Lipinski definition) is 4. The Morgan fingerprint density at radius 2 is 1.96 bits per heavy atom. The summed E-state index contributed by atoms with van der Waals surface area (Å²) < 4.78 is 0. The van der Waals surface area contributed by atoms with E-state index >= 15 is 0 Å². The number of carbonyl (C=O) groups excluding carboxylic acids is 1. The van der Waals surface area contributed by atoms with Crippen molar-refractivity contribution in [3.05, 3.63) is 71.3 Å². The first-order valence-corrected chi connectivity index (χ1v) is 9.95. The lowest BCUT2D eigenvalue weighted by Crippen LogP contribution is -2.27. The van der Waals surface area contributed by atoms with E-state index in [4.69, 9.17) is 0 Å². The lowest BCUT2D eigenvalue weighted by atomic mass is 10.1. The summed E-state index contributed by atoms with van der Waals surface area (Å²) in [6.07, 6.45) is 1.74. The number of hydrogen-bond donors (Lipinski definition) is 1. The number of nitrogens with one attached hydrogen (secondary N) is 1. The zero-order valence-corrected chi connectivity index (χ0v) is 16.1. The summed E-state index contributed by atoms with van der Waals surface area (Å²) in [5.74, 6) is 0.192. The van der Waals surface area contributed by atoms with Crippen molar-refractivity contribution in [2.45, 2.75) is 24.8 Å². The van der Waals surface area contributed by atoms with E-state index in [1.54, 1.807) is 0 Å². The maximum absolute atomic E-state index is 12.1. The number of nitriles is 1. The van der Waals surface area contributed by atoms with Crippen LogP contribution in [-0.2, 0) is 17.6 Å². The number of thioether (sulfide) groups is 1. The van der Waals surface area contributed by atoms with E-state index in [1.165, 1.54) is 22.9 Å². The van der Waals surface area contributed by atoms with Gasteiger partial charge in [0.2, 0.25) is 5.91 Å². The highest BCUT2D eigenvalue weighted by molar-refractivity contribution is 8.00. The molecule has 1 amide bonds. The summed E-state index contributed by atoms with van der Waals surface area (Å²) in [6, 6.07) is 20.2. The van der Waals surface area contributed by atoms with Crippen LogP contribution in [0.2, 0.25) is 0 Å². The molecule has 0 spiro atoms. The summed E-state index contributed by atoms with van der Waals surface area (Å²) >= 11 is 1.31. The number of aryl methyl sites for hydroxylation is 1. The van der Waals surface area contributed by atoms with E-state index < -0.39 is 0 Å². The molecule has 0 bridgehead atoms. The number of rotatable bonds is 7. The molecule has 0 aliphatic carbocycles. The number of carbonyl (C=O) groups is 1. The molecule has 0 aliphatic heterocycles. The first kappa shape index (κ1) is 18.9. The monoisotopic (exact) mass is 375 g/mol. The molecule has 1 heterocycles. The van der Waals surface area contributed by atoms with Crippen LogP contribution in [0.5, 0.6) is 0 Å². The van der Waals surface area contributed by atoms with Crippen LogP contribution < -0.4 is 5.32 Å². The van der Waals surface area contributed by atoms with E-state index in [0.29, 0.717) is 17.1 Å². The Labute approximate surface area is 163 Å². The molecule has 5 heteroatoms. The fraction of sp³-hybridized carbons (Fsp3) is 0.227. The smallest absolute Gasteiger partial charge is 0.230 e. The van der Waals surface area contributed by atoms with Crippen molar-refractivity contribution in [1.29, 1.82) is 5.26 Å². The fourth-order valence-electron chi connectivity index (χ4n) is 2.79. The van der Waals surface area contributed by atoms with Crippen LogP contribution in [0.25, 0.3) is 10.9 Å². The summed E-state index contributed by atoms with van der Waals surface area (Å²) in [5, 5.41) is 13.9. The predicted molar refractivity (Wildman–Crippen MR) is 110 cm³/mol. The van der Waals surface area contributed by atoms with Gasteiger partial charge in [-0.1, -0.05) is 55.1 Å². The Morgan fingerprint density at radius 3 is 2.70 bits per heavy atom. The van der Waals surface area contributed by atoms with Crippen molar-refractivity contribution in [3.63, 3.8) is 0 Å². The van der Waals surface area contributed by atoms with Crippen LogP contribution in [0, 0.1) is 11.3 Å². The minimum atomic E-state index is -0.0527. The molecular formula is C22H21N3OS. The molecule has 1 aromatic heterocycles. The molecule has 27 heavy (non-hydrogen) atoms. The molecule has 0 radical (unpaired) electrons. The third-order valence-corrected chi connectivity index (χ3v) is 5.28. The Balaban J connectivity index is 1.60. The second-order valence-corrected chi connectivity index (χ2v) is 7.17. The van der Waals surface area contributed by atoms with Gasteiger partial charge in [-0.25, -0.2) is 4.98 Å². The summed E-state index contributed by atoms with van der Waals surface area (Å²) in [4.78, 5) is 16.7. The second-order valence-electron chi connectivity index (χ2n) is 6.21. The average Bonchev–Trinajstić information content (AvgIpc) is 2.71. The summed E-state index contributed by atoms with van der Waals surface area (Å²) in [5.41, 5.74) is 3.77. The molecule has 3 aromatic rings. The van der Waals surface area contributed by atoms with Crippen molar-refractivity contribution < 1.29 is 4.79 Å². The quantitative estimate of drug-likeness (QED) is 0.631.